The van der Waals surface area contributed by atoms with Crippen LogP contribution in [0, 0.1) is 0 Å². The van der Waals surface area contributed by atoms with Crippen molar-refractivity contribution in [3.05, 3.63) is 70.9 Å². The zero-order chi connectivity index (χ0) is 19.5. The highest BCUT2D eigenvalue weighted by Crippen LogP contribution is 2.26. The van der Waals surface area contributed by atoms with Crippen LogP contribution in [0.3, 0.4) is 0 Å². The summed E-state index contributed by atoms with van der Waals surface area (Å²) < 4.78 is 2.23. The fourth-order valence-electron chi connectivity index (χ4n) is 4.44. The third kappa shape index (κ3) is 3.95. The Kier molecular flexibility index (Phi) is 5.72. The van der Waals surface area contributed by atoms with Crippen molar-refractivity contribution < 1.29 is 4.79 Å². The molecule has 0 aliphatic carbocycles. The number of para-hydroxylation sites is 1. The molecule has 1 aliphatic rings. The molecule has 0 radical (unpaired) electrons. The van der Waals surface area contributed by atoms with Crippen LogP contribution in [0.1, 0.15) is 43.7 Å². The van der Waals surface area contributed by atoms with Crippen molar-refractivity contribution in [2.24, 2.45) is 0 Å². The lowest BCUT2D eigenvalue weighted by Crippen LogP contribution is -2.44. The Labute approximate surface area is 171 Å². The third-order valence-electron chi connectivity index (χ3n) is 5.87. The Morgan fingerprint density at radius 1 is 1.14 bits per heavy atom. The van der Waals surface area contributed by atoms with E-state index in [4.69, 9.17) is 11.6 Å². The summed E-state index contributed by atoms with van der Waals surface area (Å²) in [6.45, 7) is 3.84. The van der Waals surface area contributed by atoms with Crippen molar-refractivity contribution in [1.29, 1.82) is 0 Å². The van der Waals surface area contributed by atoms with E-state index in [1.54, 1.807) is 0 Å². The minimum Gasteiger partial charge on any atom is -0.343 e. The average molecular weight is 395 g/mol. The molecule has 4 rings (SSSR count). The summed E-state index contributed by atoms with van der Waals surface area (Å²) in [5.74, 6) is 0.261. The Balaban J connectivity index is 1.61. The van der Waals surface area contributed by atoms with Crippen LogP contribution in [0.4, 0.5) is 0 Å². The van der Waals surface area contributed by atoms with Gasteiger partial charge in [-0.15, -0.1) is 0 Å². The van der Waals surface area contributed by atoms with E-state index in [-0.39, 0.29) is 5.91 Å². The lowest BCUT2D eigenvalue weighted by atomic mass is 9.99. The summed E-state index contributed by atoms with van der Waals surface area (Å²) in [6.07, 6.45) is 7.16. The quantitative estimate of drug-likeness (QED) is 0.546. The van der Waals surface area contributed by atoms with Gasteiger partial charge in [-0.1, -0.05) is 48.9 Å². The molecule has 1 unspecified atom stereocenters. The van der Waals surface area contributed by atoms with Crippen molar-refractivity contribution in [3.8, 4) is 0 Å². The number of fused-ring (bicyclic) bond motifs is 1. The van der Waals surface area contributed by atoms with Crippen LogP contribution in [0.15, 0.2) is 54.7 Å². The number of hydrogen-bond donors (Lipinski definition) is 0. The van der Waals surface area contributed by atoms with Crippen molar-refractivity contribution in [2.75, 3.05) is 6.54 Å². The number of likely N-dealkylation sites (tertiary alicyclic amines) is 1. The van der Waals surface area contributed by atoms with Gasteiger partial charge in [-0.2, -0.15) is 0 Å². The molecular formula is C24H27ClN2O. The van der Waals surface area contributed by atoms with Crippen LogP contribution >= 0.6 is 11.6 Å². The van der Waals surface area contributed by atoms with Crippen LogP contribution in [-0.2, 0) is 17.8 Å². The van der Waals surface area contributed by atoms with Gasteiger partial charge in [0.05, 0.1) is 6.42 Å². The second-order valence-electron chi connectivity index (χ2n) is 7.75. The molecule has 1 saturated heterocycles. The number of benzene rings is 2. The molecule has 3 aromatic rings. The molecule has 0 spiro atoms. The smallest absolute Gasteiger partial charge is 0.227 e. The first-order valence-corrected chi connectivity index (χ1v) is 10.6. The molecular weight excluding hydrogens is 368 g/mol. The van der Waals surface area contributed by atoms with Crippen LogP contribution in [0.5, 0.6) is 0 Å². The zero-order valence-corrected chi connectivity index (χ0v) is 17.2. The first-order valence-electron chi connectivity index (χ1n) is 10.3. The molecule has 28 heavy (non-hydrogen) atoms. The van der Waals surface area contributed by atoms with Crippen molar-refractivity contribution >= 4 is 28.4 Å². The molecule has 3 nitrogen and oxygen atoms in total. The van der Waals surface area contributed by atoms with Crippen LogP contribution in [0.2, 0.25) is 5.02 Å². The number of halogens is 1. The number of hydrogen-bond acceptors (Lipinski definition) is 1. The summed E-state index contributed by atoms with van der Waals surface area (Å²) in [4.78, 5) is 15.2. The molecule has 1 fully saturated rings. The minimum absolute atomic E-state index is 0.261. The minimum atomic E-state index is 0.261. The lowest BCUT2D eigenvalue weighted by molar-refractivity contribution is -0.134. The van der Waals surface area contributed by atoms with Crippen LogP contribution in [0.25, 0.3) is 10.9 Å². The lowest BCUT2D eigenvalue weighted by Gasteiger charge is -2.35. The Bertz CT molecular complexity index is 978. The van der Waals surface area contributed by atoms with E-state index in [9.17, 15) is 4.79 Å². The van der Waals surface area contributed by atoms with Gasteiger partial charge in [-0.3, -0.25) is 4.79 Å². The summed E-state index contributed by atoms with van der Waals surface area (Å²) in [5.41, 5.74) is 3.44. The molecule has 1 aromatic heterocycles. The van der Waals surface area contributed by atoms with Gasteiger partial charge in [0.25, 0.3) is 0 Å². The third-order valence-corrected chi connectivity index (χ3v) is 6.11. The molecule has 2 aromatic carbocycles. The largest absolute Gasteiger partial charge is 0.343 e. The Morgan fingerprint density at radius 3 is 2.82 bits per heavy atom. The van der Waals surface area contributed by atoms with Crippen LogP contribution in [-0.4, -0.2) is 28.0 Å². The first-order chi connectivity index (χ1) is 13.7. The van der Waals surface area contributed by atoms with Gasteiger partial charge in [-0.25, -0.2) is 0 Å². The molecule has 0 saturated carbocycles. The van der Waals surface area contributed by atoms with Crippen molar-refractivity contribution in [1.82, 2.24) is 9.47 Å². The maximum absolute atomic E-state index is 13.1. The van der Waals surface area contributed by atoms with Gasteiger partial charge in [0.1, 0.15) is 0 Å². The molecule has 1 amide bonds. The fourth-order valence-corrected chi connectivity index (χ4v) is 4.66. The van der Waals surface area contributed by atoms with Gasteiger partial charge in [-0.05, 0) is 55.0 Å². The highest BCUT2D eigenvalue weighted by Gasteiger charge is 2.26. The van der Waals surface area contributed by atoms with Crippen molar-refractivity contribution in [3.63, 3.8) is 0 Å². The SMILES string of the molecule is CCC1CCCCN1C(=O)Cc1cn(Cc2cccc(Cl)c2)c2ccccc12. The highest BCUT2D eigenvalue weighted by molar-refractivity contribution is 6.30. The Hall–Kier alpha value is -2.26. The summed E-state index contributed by atoms with van der Waals surface area (Å²) >= 11 is 6.16. The standard InChI is InChI=1S/C24H27ClN2O/c1-2-21-10-5-6-13-27(21)24(28)15-19-17-26(23-12-4-3-11-22(19)23)16-18-8-7-9-20(25)14-18/h3-4,7-9,11-12,14,17,21H,2,5-6,10,13,15-16H2,1H3. The van der Waals surface area contributed by atoms with Gasteiger partial charge in [0.2, 0.25) is 5.91 Å². The van der Waals surface area contributed by atoms with Gasteiger partial charge in [0.15, 0.2) is 0 Å². The number of amides is 1. The van der Waals surface area contributed by atoms with E-state index in [0.717, 1.165) is 54.0 Å². The maximum atomic E-state index is 13.1. The molecule has 4 heteroatoms. The van der Waals surface area contributed by atoms with E-state index in [2.05, 4.69) is 52.9 Å². The van der Waals surface area contributed by atoms with Gasteiger partial charge >= 0.3 is 0 Å². The number of carbonyl (C=O) groups excluding carboxylic acids is 1. The Morgan fingerprint density at radius 2 is 2.00 bits per heavy atom. The van der Waals surface area contributed by atoms with Gasteiger partial charge in [0, 0.05) is 41.3 Å². The first kappa shape index (κ1) is 19.1. The highest BCUT2D eigenvalue weighted by atomic mass is 35.5. The number of aromatic nitrogens is 1. The number of carbonyl (C=O) groups is 1. The zero-order valence-electron chi connectivity index (χ0n) is 16.4. The van der Waals surface area contributed by atoms with Crippen molar-refractivity contribution in [2.45, 2.75) is 51.6 Å². The summed E-state index contributed by atoms with van der Waals surface area (Å²) in [7, 11) is 0. The number of nitrogens with zero attached hydrogens (tertiary/aromatic N) is 2. The average Bonchev–Trinajstić information content (AvgIpc) is 3.05. The second-order valence-corrected chi connectivity index (χ2v) is 8.19. The summed E-state index contributed by atoms with van der Waals surface area (Å²) in [5, 5.41) is 1.92. The normalized spacial score (nSPS) is 17.2. The van der Waals surface area contributed by atoms with E-state index in [0.29, 0.717) is 12.5 Å². The molecule has 2 heterocycles. The van der Waals surface area contributed by atoms with Gasteiger partial charge < -0.3 is 9.47 Å². The van der Waals surface area contributed by atoms with E-state index >= 15 is 0 Å². The molecule has 146 valence electrons. The molecule has 0 N–H and O–H groups in total. The van der Waals surface area contributed by atoms with E-state index in [1.807, 2.05) is 18.2 Å². The van der Waals surface area contributed by atoms with Crippen LogP contribution < -0.4 is 0 Å². The second kappa shape index (κ2) is 8.40. The summed E-state index contributed by atoms with van der Waals surface area (Å²) in [6, 6.07) is 16.7. The molecule has 1 aliphatic heterocycles. The van der Waals surface area contributed by atoms with E-state index in [1.165, 1.54) is 11.8 Å². The molecule has 0 bridgehead atoms. The number of rotatable bonds is 5. The predicted octanol–water partition coefficient (Wildman–Crippen LogP) is 5.68. The maximum Gasteiger partial charge on any atom is 0.227 e. The predicted molar refractivity (Wildman–Crippen MR) is 116 cm³/mol. The van der Waals surface area contributed by atoms with E-state index < -0.39 is 0 Å². The monoisotopic (exact) mass is 394 g/mol. The number of piperidine rings is 1. The molecule has 1 atom stereocenters. The fraction of sp³-hybridized carbons (Fsp3) is 0.375. The topological polar surface area (TPSA) is 25.2 Å².